The summed E-state index contributed by atoms with van der Waals surface area (Å²) in [5.41, 5.74) is 16.1. The van der Waals surface area contributed by atoms with Crippen LogP contribution in [0, 0.1) is 0 Å². The molecule has 0 saturated heterocycles. The van der Waals surface area contributed by atoms with E-state index in [1.807, 2.05) is 12.4 Å². The van der Waals surface area contributed by atoms with Crippen molar-refractivity contribution in [3.05, 3.63) is 198 Å². The fourth-order valence-electron chi connectivity index (χ4n) is 10.1. The third kappa shape index (κ3) is 5.13. The summed E-state index contributed by atoms with van der Waals surface area (Å²) >= 11 is 0. The van der Waals surface area contributed by atoms with Crippen LogP contribution < -0.4 is 0 Å². The molecule has 0 bridgehead atoms. The first-order valence-corrected chi connectivity index (χ1v) is 20.5. The van der Waals surface area contributed by atoms with Crippen molar-refractivity contribution >= 4 is 66.4 Å². The van der Waals surface area contributed by atoms with Gasteiger partial charge in [-0.1, -0.05) is 140 Å². The van der Waals surface area contributed by atoms with Gasteiger partial charge in [-0.2, -0.15) is 0 Å². The molecule has 0 N–H and O–H groups in total. The lowest BCUT2D eigenvalue weighted by molar-refractivity contribution is 0.674. The predicted octanol–water partition coefficient (Wildman–Crippen LogP) is 14.2. The Morgan fingerprint density at radius 2 is 1.17 bits per heavy atom. The van der Waals surface area contributed by atoms with Crippen LogP contribution in [0.5, 0.6) is 0 Å². The van der Waals surface area contributed by atoms with E-state index in [1.54, 1.807) is 0 Å². The zero-order valence-electron chi connectivity index (χ0n) is 32.2. The maximum absolute atomic E-state index is 4.89. The third-order valence-electron chi connectivity index (χ3n) is 12.9. The van der Waals surface area contributed by atoms with E-state index in [2.05, 4.69) is 181 Å². The molecule has 0 saturated carbocycles. The van der Waals surface area contributed by atoms with Gasteiger partial charge >= 0.3 is 0 Å². The molecule has 0 radical (unpaired) electrons. The Morgan fingerprint density at radius 3 is 1.93 bits per heavy atom. The highest BCUT2D eigenvalue weighted by Gasteiger charge is 2.29. The van der Waals surface area contributed by atoms with E-state index in [9.17, 15) is 0 Å². The topological polar surface area (TPSA) is 30.7 Å². The maximum Gasteiger partial charge on any atom is 0.0968 e. The van der Waals surface area contributed by atoms with E-state index in [0.29, 0.717) is 0 Å². The van der Waals surface area contributed by atoms with Crippen LogP contribution in [0.4, 0.5) is 0 Å². The van der Waals surface area contributed by atoms with Gasteiger partial charge in [0.05, 0.1) is 16.6 Å². The Kier molecular flexibility index (Phi) is 7.40. The number of rotatable bonds is 4. The van der Waals surface area contributed by atoms with Crippen LogP contribution >= 0.6 is 0 Å². The maximum atomic E-state index is 4.89. The first kappa shape index (κ1) is 33.1. The van der Waals surface area contributed by atoms with Gasteiger partial charge in [0, 0.05) is 46.0 Å². The minimum atomic E-state index is 0.229. The van der Waals surface area contributed by atoms with Crippen molar-refractivity contribution in [3.8, 4) is 27.9 Å². The summed E-state index contributed by atoms with van der Waals surface area (Å²) in [6.07, 6.45) is 15.1. The highest BCUT2D eigenvalue weighted by molar-refractivity contribution is 6.10. The van der Waals surface area contributed by atoms with Crippen LogP contribution in [0.1, 0.15) is 53.1 Å². The van der Waals surface area contributed by atoms with E-state index in [0.717, 1.165) is 29.3 Å². The van der Waals surface area contributed by atoms with Crippen molar-refractivity contribution < 1.29 is 0 Å². The summed E-state index contributed by atoms with van der Waals surface area (Å²) in [4.78, 5) is 9.69. The van der Waals surface area contributed by atoms with Crippen molar-refractivity contribution in [3.63, 3.8) is 0 Å². The molecule has 8 aromatic carbocycles. The molecule has 3 nitrogen and oxygen atoms in total. The summed E-state index contributed by atoms with van der Waals surface area (Å²) in [6.45, 7) is 2.35. The number of aromatic nitrogens is 3. The van der Waals surface area contributed by atoms with Crippen LogP contribution in [-0.2, 0) is 6.42 Å². The van der Waals surface area contributed by atoms with E-state index in [1.165, 1.54) is 93.7 Å². The SMILES string of the molecule is CC1c2c(c3ccccc3c3nccnc23)C=CC1c1cccc(-c2ccc3cc(-c4ccc5cc(-n6c7c(c8ccccc86)C=CCC7)ccc5c4)ccc3c2)c1. The molecule has 2 aromatic heterocycles. The molecule has 3 heteroatoms. The van der Waals surface area contributed by atoms with E-state index >= 15 is 0 Å². The molecule has 12 rings (SSSR count). The monoisotopic (exact) mass is 741 g/mol. The van der Waals surface area contributed by atoms with Crippen molar-refractivity contribution in [1.29, 1.82) is 0 Å². The Labute approximate surface area is 337 Å². The standard InChI is InChI=1S/C55H39N3/c1-34-45(25-26-49-46-11-2-3-14-50(46)54-55(53(34)49)57-28-27-56-54)43-10-8-9-35(32-43)36-17-18-38-30-39(20-19-37(38)29-36)40-21-22-42-33-44(24-23-41(42)31-40)58-51-15-6-4-12-47(51)48-13-5-7-16-52(48)58/h2-6,8-15,17-34,45H,7,16H2,1H3. The summed E-state index contributed by atoms with van der Waals surface area (Å²) < 4.78 is 2.47. The molecular weight excluding hydrogens is 703 g/mol. The highest BCUT2D eigenvalue weighted by Crippen LogP contribution is 2.46. The molecule has 274 valence electrons. The molecule has 2 heterocycles. The molecule has 58 heavy (non-hydrogen) atoms. The van der Waals surface area contributed by atoms with E-state index in [4.69, 9.17) is 9.97 Å². The number of hydrogen-bond donors (Lipinski definition) is 0. The minimum absolute atomic E-state index is 0.229. The number of fused-ring (bicyclic) bond motifs is 11. The number of para-hydroxylation sites is 1. The molecule has 0 amide bonds. The van der Waals surface area contributed by atoms with Gasteiger partial charge in [-0.25, -0.2) is 0 Å². The predicted molar refractivity (Wildman–Crippen MR) is 244 cm³/mol. The zero-order valence-corrected chi connectivity index (χ0v) is 32.2. The molecule has 2 aliphatic carbocycles. The van der Waals surface area contributed by atoms with E-state index in [-0.39, 0.29) is 11.8 Å². The summed E-state index contributed by atoms with van der Waals surface area (Å²) in [5.74, 6) is 0.473. The van der Waals surface area contributed by atoms with Crippen LogP contribution in [0.2, 0.25) is 0 Å². The Bertz CT molecular complexity index is 3380. The smallest absolute Gasteiger partial charge is 0.0968 e. The summed E-state index contributed by atoms with van der Waals surface area (Å²) in [6, 6.07) is 54.1. The fourth-order valence-corrected chi connectivity index (χ4v) is 10.1. The highest BCUT2D eigenvalue weighted by atomic mass is 15.0. The summed E-state index contributed by atoms with van der Waals surface area (Å²) in [7, 11) is 0. The molecule has 2 aliphatic rings. The average molecular weight is 742 g/mol. The van der Waals surface area contributed by atoms with Gasteiger partial charge in [0.15, 0.2) is 0 Å². The first-order valence-electron chi connectivity index (χ1n) is 20.5. The van der Waals surface area contributed by atoms with Gasteiger partial charge in [0.25, 0.3) is 0 Å². The molecule has 0 spiro atoms. The van der Waals surface area contributed by atoms with Crippen molar-refractivity contribution in [2.45, 2.75) is 31.6 Å². The van der Waals surface area contributed by atoms with Crippen LogP contribution in [-0.4, -0.2) is 14.5 Å². The molecule has 0 aliphatic heterocycles. The molecule has 10 aromatic rings. The quantitative estimate of drug-likeness (QED) is 0.168. The number of nitrogens with zero attached hydrogens (tertiary/aromatic N) is 3. The molecule has 2 unspecified atom stereocenters. The van der Waals surface area contributed by atoms with Crippen molar-refractivity contribution in [2.24, 2.45) is 0 Å². The Morgan fingerprint density at radius 1 is 0.534 bits per heavy atom. The number of hydrogen-bond acceptors (Lipinski definition) is 2. The van der Waals surface area contributed by atoms with Crippen LogP contribution in [0.15, 0.2) is 170 Å². The fraction of sp³-hybridized carbons (Fsp3) is 0.0909. The van der Waals surface area contributed by atoms with Gasteiger partial charge in [-0.05, 0) is 121 Å². The van der Waals surface area contributed by atoms with Gasteiger partial charge in [0.2, 0.25) is 0 Å². The van der Waals surface area contributed by atoms with Gasteiger partial charge in [-0.3, -0.25) is 9.97 Å². The summed E-state index contributed by atoms with van der Waals surface area (Å²) in [5, 5.41) is 8.73. The molecule has 2 atom stereocenters. The van der Waals surface area contributed by atoms with Crippen molar-refractivity contribution in [1.82, 2.24) is 14.5 Å². The van der Waals surface area contributed by atoms with Crippen LogP contribution in [0.25, 0.3) is 94.3 Å². The number of benzene rings is 8. The van der Waals surface area contributed by atoms with Gasteiger partial charge in [-0.15, -0.1) is 0 Å². The zero-order chi connectivity index (χ0) is 38.3. The Balaban J connectivity index is 0.846. The normalized spacial score (nSPS) is 16.1. The second kappa shape index (κ2) is 13.0. The lowest BCUT2D eigenvalue weighted by Gasteiger charge is -2.29. The van der Waals surface area contributed by atoms with Crippen molar-refractivity contribution in [2.75, 3.05) is 0 Å². The molecular formula is C55H39N3. The minimum Gasteiger partial charge on any atom is -0.313 e. The molecule has 0 fully saturated rings. The lowest BCUT2D eigenvalue weighted by atomic mass is 9.75. The number of allylic oxidation sites excluding steroid dienone is 2. The average Bonchev–Trinajstić information content (AvgIpc) is 3.63. The second-order valence-corrected chi connectivity index (χ2v) is 16.1. The third-order valence-corrected chi connectivity index (χ3v) is 12.9. The van der Waals surface area contributed by atoms with Gasteiger partial charge < -0.3 is 4.57 Å². The lowest BCUT2D eigenvalue weighted by Crippen LogP contribution is -2.13. The second-order valence-electron chi connectivity index (χ2n) is 16.1. The first-order chi connectivity index (χ1) is 28.7. The Hall–Kier alpha value is -7.10. The van der Waals surface area contributed by atoms with Crippen LogP contribution in [0.3, 0.4) is 0 Å². The van der Waals surface area contributed by atoms with E-state index < -0.39 is 0 Å². The van der Waals surface area contributed by atoms with Gasteiger partial charge in [0.1, 0.15) is 0 Å². The largest absolute Gasteiger partial charge is 0.313 e.